The van der Waals surface area contributed by atoms with Crippen LogP contribution in [0.4, 0.5) is 5.69 Å². The zero-order chi connectivity index (χ0) is 14.9. The molecule has 0 radical (unpaired) electrons. The lowest BCUT2D eigenvalue weighted by Gasteiger charge is -2.35. The van der Waals surface area contributed by atoms with Gasteiger partial charge in [-0.15, -0.1) is 5.10 Å². The van der Waals surface area contributed by atoms with Gasteiger partial charge in [-0.25, -0.2) is 0 Å². The van der Waals surface area contributed by atoms with Crippen molar-refractivity contribution in [2.24, 2.45) is 0 Å². The summed E-state index contributed by atoms with van der Waals surface area (Å²) in [6.45, 7) is 2.79. The number of aromatic nitrogens is 2. The zero-order valence-corrected chi connectivity index (χ0v) is 12.3. The minimum Gasteiger partial charge on any atom is -0.480 e. The van der Waals surface area contributed by atoms with E-state index in [1.165, 1.54) is 5.56 Å². The molecular weight excluding hydrogens is 266 g/mol. The molecule has 5 nitrogen and oxygen atoms in total. The van der Waals surface area contributed by atoms with Gasteiger partial charge in [-0.1, -0.05) is 18.2 Å². The first-order valence-corrected chi connectivity index (χ1v) is 6.99. The quantitative estimate of drug-likeness (QED) is 0.928. The Morgan fingerprint density at radius 3 is 2.71 bits per heavy atom. The average molecular weight is 285 g/mol. The van der Waals surface area contributed by atoms with Gasteiger partial charge >= 0.3 is 0 Å². The topological polar surface area (TPSA) is 58.5 Å². The fraction of sp³-hybridized carbons (Fsp3) is 0.375. The maximum absolute atomic E-state index is 9.83. The molecule has 1 aliphatic heterocycles. The molecule has 0 saturated heterocycles. The van der Waals surface area contributed by atoms with Gasteiger partial charge < -0.3 is 14.7 Å². The van der Waals surface area contributed by atoms with Crippen molar-refractivity contribution >= 4 is 5.69 Å². The summed E-state index contributed by atoms with van der Waals surface area (Å²) < 4.78 is 5.03. The molecule has 0 bridgehead atoms. The number of anilines is 1. The number of para-hydroxylation sites is 1. The van der Waals surface area contributed by atoms with Gasteiger partial charge in [0.15, 0.2) is 0 Å². The van der Waals surface area contributed by atoms with Crippen LogP contribution in [0.5, 0.6) is 5.88 Å². The molecule has 1 aromatic carbocycles. The minimum atomic E-state index is -0.300. The van der Waals surface area contributed by atoms with Crippen molar-refractivity contribution in [1.82, 2.24) is 10.2 Å². The van der Waals surface area contributed by atoms with Gasteiger partial charge in [0.25, 0.3) is 0 Å². The number of aliphatic hydroxyl groups is 1. The Morgan fingerprint density at radius 2 is 2.05 bits per heavy atom. The van der Waals surface area contributed by atoms with Crippen molar-refractivity contribution < 1.29 is 9.84 Å². The van der Waals surface area contributed by atoms with E-state index in [0.717, 1.165) is 17.8 Å². The SMILES string of the molecule is COc1ccc(CN2c3ccccc3CC2(C)CO)nn1. The van der Waals surface area contributed by atoms with E-state index in [1.54, 1.807) is 13.2 Å². The molecule has 21 heavy (non-hydrogen) atoms. The second-order valence-electron chi connectivity index (χ2n) is 5.61. The maximum Gasteiger partial charge on any atom is 0.233 e. The summed E-state index contributed by atoms with van der Waals surface area (Å²) in [7, 11) is 1.57. The summed E-state index contributed by atoms with van der Waals surface area (Å²) in [4.78, 5) is 2.21. The van der Waals surface area contributed by atoms with Gasteiger partial charge in [0.05, 0.1) is 31.5 Å². The number of ether oxygens (including phenoxy) is 1. The van der Waals surface area contributed by atoms with Crippen LogP contribution in [0.3, 0.4) is 0 Å². The lowest BCUT2D eigenvalue weighted by atomic mass is 9.97. The molecule has 5 heteroatoms. The predicted molar refractivity (Wildman–Crippen MR) is 80.4 cm³/mol. The third-order valence-electron chi connectivity index (χ3n) is 4.07. The van der Waals surface area contributed by atoms with Crippen LogP contribution in [0.15, 0.2) is 36.4 Å². The van der Waals surface area contributed by atoms with Crippen LogP contribution in [-0.4, -0.2) is 34.6 Å². The minimum absolute atomic E-state index is 0.102. The fourth-order valence-corrected chi connectivity index (χ4v) is 2.84. The molecule has 1 atom stereocenters. The Kier molecular flexibility index (Phi) is 3.51. The van der Waals surface area contributed by atoms with Crippen LogP contribution in [0.25, 0.3) is 0 Å². The number of rotatable bonds is 4. The summed E-state index contributed by atoms with van der Waals surface area (Å²) in [5.74, 6) is 0.505. The molecule has 0 spiro atoms. The molecule has 110 valence electrons. The van der Waals surface area contributed by atoms with Gasteiger partial charge in [-0.3, -0.25) is 0 Å². The van der Waals surface area contributed by atoms with E-state index >= 15 is 0 Å². The number of nitrogens with zero attached hydrogens (tertiary/aromatic N) is 3. The molecule has 2 aromatic rings. The van der Waals surface area contributed by atoms with Crippen LogP contribution < -0.4 is 9.64 Å². The molecule has 1 aromatic heterocycles. The summed E-state index contributed by atoms with van der Waals surface area (Å²) in [6.07, 6.45) is 0.837. The Morgan fingerprint density at radius 1 is 1.24 bits per heavy atom. The van der Waals surface area contributed by atoms with Crippen molar-refractivity contribution in [3.8, 4) is 5.88 Å². The third kappa shape index (κ3) is 2.45. The molecule has 1 N–H and O–H groups in total. The smallest absolute Gasteiger partial charge is 0.233 e. The van der Waals surface area contributed by atoms with Crippen molar-refractivity contribution in [1.29, 1.82) is 0 Å². The highest BCUT2D eigenvalue weighted by molar-refractivity contribution is 5.61. The first-order chi connectivity index (χ1) is 10.2. The molecule has 0 saturated carbocycles. The van der Waals surface area contributed by atoms with Crippen molar-refractivity contribution in [2.75, 3.05) is 18.6 Å². The molecular formula is C16H19N3O2. The van der Waals surface area contributed by atoms with E-state index in [2.05, 4.69) is 34.2 Å². The van der Waals surface area contributed by atoms with Crippen molar-refractivity contribution in [3.05, 3.63) is 47.7 Å². The van der Waals surface area contributed by atoms with Gasteiger partial charge in [0, 0.05) is 11.8 Å². The molecule has 1 aliphatic rings. The second-order valence-corrected chi connectivity index (χ2v) is 5.61. The Bertz CT molecular complexity index is 630. The number of fused-ring (bicyclic) bond motifs is 1. The highest BCUT2D eigenvalue weighted by Crippen LogP contribution is 2.39. The molecule has 0 fully saturated rings. The third-order valence-corrected chi connectivity index (χ3v) is 4.07. The van der Waals surface area contributed by atoms with Crippen LogP contribution in [0.1, 0.15) is 18.2 Å². The number of hydrogen-bond donors (Lipinski definition) is 1. The van der Waals surface area contributed by atoms with Gasteiger partial charge in [-0.05, 0) is 31.0 Å². The number of aliphatic hydroxyl groups excluding tert-OH is 1. The fourth-order valence-electron chi connectivity index (χ4n) is 2.84. The van der Waals surface area contributed by atoms with E-state index in [-0.39, 0.29) is 12.1 Å². The van der Waals surface area contributed by atoms with Crippen LogP contribution >= 0.6 is 0 Å². The zero-order valence-electron chi connectivity index (χ0n) is 12.3. The summed E-state index contributed by atoms with van der Waals surface area (Å²) in [5, 5.41) is 18.0. The lowest BCUT2D eigenvalue weighted by Crippen LogP contribution is -2.46. The first-order valence-electron chi connectivity index (χ1n) is 6.99. The summed E-state index contributed by atoms with van der Waals surface area (Å²) in [6, 6.07) is 12.0. The van der Waals surface area contributed by atoms with Crippen LogP contribution in [0.2, 0.25) is 0 Å². The second kappa shape index (κ2) is 5.33. The van der Waals surface area contributed by atoms with E-state index in [4.69, 9.17) is 4.74 Å². The predicted octanol–water partition coefficient (Wildman–Crippen LogP) is 1.80. The highest BCUT2D eigenvalue weighted by atomic mass is 16.5. The normalized spacial score (nSPS) is 20.4. The lowest BCUT2D eigenvalue weighted by molar-refractivity contribution is 0.204. The van der Waals surface area contributed by atoms with E-state index in [0.29, 0.717) is 12.4 Å². The highest BCUT2D eigenvalue weighted by Gasteiger charge is 2.39. The number of methoxy groups -OCH3 is 1. The number of hydrogen-bond acceptors (Lipinski definition) is 5. The van der Waals surface area contributed by atoms with Gasteiger partial charge in [0.1, 0.15) is 0 Å². The molecule has 3 rings (SSSR count). The van der Waals surface area contributed by atoms with E-state index < -0.39 is 0 Å². The van der Waals surface area contributed by atoms with Crippen molar-refractivity contribution in [3.63, 3.8) is 0 Å². The Balaban J connectivity index is 1.91. The largest absolute Gasteiger partial charge is 0.480 e. The Hall–Kier alpha value is -2.14. The number of benzene rings is 1. The van der Waals surface area contributed by atoms with Crippen molar-refractivity contribution in [2.45, 2.75) is 25.4 Å². The summed E-state index contributed by atoms with van der Waals surface area (Å²) in [5.41, 5.74) is 2.97. The maximum atomic E-state index is 9.83. The molecule has 0 amide bonds. The van der Waals surface area contributed by atoms with Gasteiger partial charge in [-0.2, -0.15) is 5.10 Å². The molecule has 0 aliphatic carbocycles. The average Bonchev–Trinajstić information content (AvgIpc) is 2.81. The van der Waals surface area contributed by atoms with E-state index in [9.17, 15) is 5.11 Å². The standard InChI is InChI=1S/C16H19N3O2/c1-16(11-20)9-12-5-3-4-6-14(12)19(16)10-13-7-8-15(21-2)18-17-13/h3-8,20H,9-11H2,1-2H3. The van der Waals surface area contributed by atoms with E-state index in [1.807, 2.05) is 18.2 Å². The van der Waals surface area contributed by atoms with Crippen LogP contribution in [0, 0.1) is 0 Å². The van der Waals surface area contributed by atoms with Gasteiger partial charge in [0.2, 0.25) is 5.88 Å². The summed E-state index contributed by atoms with van der Waals surface area (Å²) >= 11 is 0. The molecule has 2 heterocycles. The van der Waals surface area contributed by atoms with Crippen LogP contribution in [-0.2, 0) is 13.0 Å². The molecule has 1 unspecified atom stereocenters. The first kappa shape index (κ1) is 13.8. The Labute approximate surface area is 124 Å². The monoisotopic (exact) mass is 285 g/mol.